The zero-order chi connectivity index (χ0) is 16.8. The Labute approximate surface area is 139 Å². The van der Waals surface area contributed by atoms with Crippen LogP contribution in [0.3, 0.4) is 0 Å². The molecule has 0 spiro atoms. The fourth-order valence-electron chi connectivity index (χ4n) is 3.91. The second-order valence-corrected chi connectivity index (χ2v) is 7.16. The van der Waals surface area contributed by atoms with E-state index in [1.807, 2.05) is 4.90 Å². The van der Waals surface area contributed by atoms with Crippen molar-refractivity contribution in [1.82, 2.24) is 19.2 Å². The van der Waals surface area contributed by atoms with Gasteiger partial charge in [-0.15, -0.1) is 0 Å². The van der Waals surface area contributed by atoms with Crippen LogP contribution < -0.4 is 5.69 Å². The summed E-state index contributed by atoms with van der Waals surface area (Å²) in [5.41, 5.74) is -0.0587. The molecule has 2 atom stereocenters. The number of amides is 1. The minimum Gasteiger partial charge on any atom is -0.459 e. The minimum atomic E-state index is -0.0826. The summed E-state index contributed by atoms with van der Waals surface area (Å²) in [7, 11) is 0. The summed E-state index contributed by atoms with van der Waals surface area (Å²) in [6, 6.07) is 3.54. The average molecular weight is 330 g/mol. The number of furan rings is 1. The fourth-order valence-corrected chi connectivity index (χ4v) is 3.91. The van der Waals surface area contributed by atoms with Crippen LogP contribution in [-0.2, 0) is 19.5 Å². The van der Waals surface area contributed by atoms with E-state index in [2.05, 4.69) is 18.9 Å². The van der Waals surface area contributed by atoms with E-state index in [-0.39, 0.29) is 23.7 Å². The van der Waals surface area contributed by atoms with Crippen LogP contribution in [0.4, 0.5) is 0 Å². The van der Waals surface area contributed by atoms with Gasteiger partial charge in [-0.3, -0.25) is 9.36 Å². The molecule has 1 fully saturated rings. The van der Waals surface area contributed by atoms with E-state index in [0.29, 0.717) is 31.2 Å². The Morgan fingerprint density at radius 1 is 1.38 bits per heavy atom. The number of aromatic nitrogens is 3. The molecule has 4 heterocycles. The Balaban J connectivity index is 1.65. The molecule has 2 aromatic heterocycles. The van der Waals surface area contributed by atoms with Crippen molar-refractivity contribution in [1.29, 1.82) is 0 Å². The van der Waals surface area contributed by atoms with Crippen molar-refractivity contribution in [3.8, 4) is 0 Å². The average Bonchev–Trinajstić information content (AvgIpc) is 3.20. The van der Waals surface area contributed by atoms with Crippen molar-refractivity contribution in [2.24, 2.45) is 5.92 Å². The van der Waals surface area contributed by atoms with Crippen molar-refractivity contribution in [3.63, 3.8) is 0 Å². The standard InChI is InChI=1S/C17H22N4O3/c1-11(2)9-20-17(23)19-10-13-6-5-12(8-15(19)18-20)21(13)16(22)14-4-3-7-24-14/h3-4,7,11-13H,5-6,8-10H2,1-2H3/t12-,13+/m0/s1. The summed E-state index contributed by atoms with van der Waals surface area (Å²) >= 11 is 0. The van der Waals surface area contributed by atoms with Crippen LogP contribution in [0, 0.1) is 5.92 Å². The Morgan fingerprint density at radius 2 is 2.17 bits per heavy atom. The van der Waals surface area contributed by atoms with Gasteiger partial charge in [0.25, 0.3) is 5.91 Å². The first-order valence-corrected chi connectivity index (χ1v) is 8.57. The van der Waals surface area contributed by atoms with Gasteiger partial charge >= 0.3 is 5.69 Å². The third-order valence-electron chi connectivity index (χ3n) is 4.94. The molecule has 0 aromatic carbocycles. The zero-order valence-electron chi connectivity index (χ0n) is 14.0. The van der Waals surface area contributed by atoms with Gasteiger partial charge in [-0.25, -0.2) is 9.48 Å². The second kappa shape index (κ2) is 5.65. The van der Waals surface area contributed by atoms with E-state index in [9.17, 15) is 9.59 Å². The first-order chi connectivity index (χ1) is 11.5. The number of carbonyl (C=O) groups is 1. The van der Waals surface area contributed by atoms with E-state index in [4.69, 9.17) is 4.42 Å². The lowest BCUT2D eigenvalue weighted by Crippen LogP contribution is -2.42. The highest BCUT2D eigenvalue weighted by Crippen LogP contribution is 2.31. The number of nitrogens with zero attached hydrogens (tertiary/aromatic N) is 4. The molecule has 0 saturated carbocycles. The molecular formula is C17H22N4O3. The molecule has 2 aliphatic heterocycles. The quantitative estimate of drug-likeness (QED) is 0.855. The van der Waals surface area contributed by atoms with Gasteiger partial charge in [0.05, 0.1) is 12.3 Å². The van der Waals surface area contributed by atoms with Crippen molar-refractivity contribution < 1.29 is 9.21 Å². The number of hydrogen-bond donors (Lipinski definition) is 0. The molecule has 128 valence electrons. The van der Waals surface area contributed by atoms with Crippen molar-refractivity contribution in [2.75, 3.05) is 0 Å². The van der Waals surface area contributed by atoms with Crippen LogP contribution in [0.2, 0.25) is 0 Å². The molecule has 0 radical (unpaired) electrons. The molecule has 0 N–H and O–H groups in total. The van der Waals surface area contributed by atoms with Crippen LogP contribution in [0.25, 0.3) is 0 Å². The van der Waals surface area contributed by atoms with Crippen LogP contribution in [0.1, 0.15) is 43.1 Å². The normalized spacial score (nSPS) is 22.7. The first-order valence-electron chi connectivity index (χ1n) is 8.57. The van der Waals surface area contributed by atoms with Gasteiger partial charge in [-0.1, -0.05) is 13.8 Å². The van der Waals surface area contributed by atoms with E-state index < -0.39 is 0 Å². The maximum absolute atomic E-state index is 12.8. The summed E-state index contributed by atoms with van der Waals surface area (Å²) < 4.78 is 8.61. The Bertz CT molecular complexity index is 802. The summed E-state index contributed by atoms with van der Waals surface area (Å²) in [6.45, 7) is 5.30. The van der Waals surface area contributed by atoms with E-state index in [0.717, 1.165) is 18.7 Å². The third-order valence-corrected chi connectivity index (χ3v) is 4.94. The predicted molar refractivity (Wildman–Crippen MR) is 86.7 cm³/mol. The molecule has 7 nitrogen and oxygen atoms in total. The predicted octanol–water partition coefficient (Wildman–Crippen LogP) is 1.52. The highest BCUT2D eigenvalue weighted by atomic mass is 16.3. The van der Waals surface area contributed by atoms with Gasteiger partial charge in [0, 0.05) is 25.6 Å². The molecular weight excluding hydrogens is 308 g/mol. The van der Waals surface area contributed by atoms with Crippen LogP contribution in [-0.4, -0.2) is 37.2 Å². The van der Waals surface area contributed by atoms with E-state index in [1.165, 1.54) is 6.26 Å². The zero-order valence-corrected chi connectivity index (χ0v) is 14.0. The molecule has 7 heteroatoms. The van der Waals surface area contributed by atoms with Crippen molar-refractivity contribution in [2.45, 2.75) is 58.3 Å². The number of carbonyl (C=O) groups excluding carboxylic acids is 1. The van der Waals surface area contributed by atoms with Crippen LogP contribution in [0.15, 0.2) is 27.6 Å². The topological polar surface area (TPSA) is 73.3 Å². The minimum absolute atomic E-state index is 0.0308. The van der Waals surface area contributed by atoms with Gasteiger partial charge in [0.15, 0.2) is 5.76 Å². The molecule has 24 heavy (non-hydrogen) atoms. The van der Waals surface area contributed by atoms with Gasteiger partial charge in [0.1, 0.15) is 5.82 Å². The Morgan fingerprint density at radius 3 is 2.88 bits per heavy atom. The molecule has 0 unspecified atom stereocenters. The lowest BCUT2D eigenvalue weighted by atomic mass is 10.1. The number of hydrogen-bond acceptors (Lipinski definition) is 4. The lowest BCUT2D eigenvalue weighted by molar-refractivity contribution is 0.0632. The van der Waals surface area contributed by atoms with Gasteiger partial charge in [-0.05, 0) is 30.9 Å². The lowest BCUT2D eigenvalue weighted by Gasteiger charge is -2.26. The van der Waals surface area contributed by atoms with Gasteiger partial charge < -0.3 is 9.32 Å². The van der Waals surface area contributed by atoms with E-state index in [1.54, 1.807) is 21.4 Å². The van der Waals surface area contributed by atoms with Crippen LogP contribution >= 0.6 is 0 Å². The largest absolute Gasteiger partial charge is 0.459 e. The maximum Gasteiger partial charge on any atom is 0.345 e. The van der Waals surface area contributed by atoms with Gasteiger partial charge in [0.2, 0.25) is 0 Å². The fraction of sp³-hybridized carbons (Fsp3) is 0.588. The molecule has 1 saturated heterocycles. The molecule has 2 bridgehead atoms. The number of rotatable bonds is 3. The van der Waals surface area contributed by atoms with Crippen molar-refractivity contribution in [3.05, 3.63) is 40.5 Å². The highest BCUT2D eigenvalue weighted by molar-refractivity contribution is 5.92. The highest BCUT2D eigenvalue weighted by Gasteiger charge is 2.42. The van der Waals surface area contributed by atoms with Crippen LogP contribution in [0.5, 0.6) is 0 Å². The molecule has 1 amide bonds. The summed E-state index contributed by atoms with van der Waals surface area (Å²) in [5.74, 6) is 1.45. The molecule has 2 aliphatic rings. The summed E-state index contributed by atoms with van der Waals surface area (Å²) in [5, 5.41) is 4.53. The molecule has 4 rings (SSSR count). The summed E-state index contributed by atoms with van der Waals surface area (Å²) in [4.78, 5) is 27.3. The third kappa shape index (κ3) is 2.39. The first kappa shape index (κ1) is 15.2. The Hall–Kier alpha value is -2.31. The summed E-state index contributed by atoms with van der Waals surface area (Å²) in [6.07, 6.45) is 4.01. The second-order valence-electron chi connectivity index (χ2n) is 7.16. The Kier molecular flexibility index (Phi) is 3.58. The maximum atomic E-state index is 12.8. The smallest absolute Gasteiger partial charge is 0.345 e. The number of fused-ring (bicyclic) bond motifs is 3. The molecule has 0 aliphatic carbocycles. The van der Waals surface area contributed by atoms with Gasteiger partial charge in [-0.2, -0.15) is 5.10 Å². The van der Waals surface area contributed by atoms with E-state index >= 15 is 0 Å². The molecule has 2 aromatic rings. The SMILES string of the molecule is CC(C)Cn1nc2n(c1=O)C[C@H]1CC[C@@H](C2)N1C(=O)c1ccco1. The monoisotopic (exact) mass is 330 g/mol. The van der Waals surface area contributed by atoms with Crippen molar-refractivity contribution >= 4 is 5.91 Å².